The van der Waals surface area contributed by atoms with E-state index in [1.54, 1.807) is 12.0 Å². The number of ether oxygens (including phenoxy) is 2. The van der Waals surface area contributed by atoms with Crippen LogP contribution in [0.2, 0.25) is 0 Å². The molecule has 2 amide bonds. The molecule has 3 aliphatic rings. The molecule has 4 rings (SSSR count). The molecule has 3 aliphatic heterocycles. The molecule has 2 atom stereocenters. The molecule has 1 aromatic rings. The lowest BCUT2D eigenvalue weighted by atomic mass is 10.0. The Labute approximate surface area is 151 Å². The van der Waals surface area contributed by atoms with Crippen LogP contribution in [0.1, 0.15) is 28.8 Å². The number of carbonyl (C=O) groups is 3. The second-order valence-electron chi connectivity index (χ2n) is 6.52. The zero-order chi connectivity index (χ0) is 18.9. The van der Waals surface area contributed by atoms with Crippen LogP contribution in [0.3, 0.4) is 0 Å². The Balaban J connectivity index is 0.000000613. The lowest BCUT2D eigenvalue weighted by Gasteiger charge is -2.31. The minimum atomic E-state index is -0.593. The number of nitrogens with zero attached hydrogens (tertiary/aromatic N) is 2. The Hall–Kier alpha value is -2.61. The van der Waals surface area contributed by atoms with Crippen LogP contribution < -0.4 is 4.74 Å². The minimum absolute atomic E-state index is 0.0845. The smallest absolute Gasteiger partial charge is 0.290 e. The zero-order valence-electron chi connectivity index (χ0n) is 14.8. The highest BCUT2D eigenvalue weighted by molar-refractivity contribution is 5.98. The van der Waals surface area contributed by atoms with Crippen molar-refractivity contribution >= 4 is 18.3 Å². The standard InChI is InChI=1S/C17H20N2O4.CH2O2/c1-11-3-4-13(22-2)12(9-11)16(21)18-6-5-17-14(18)10-15(20)19(17)7-8-23-17;2-1-3/h3-4,9,14H,5-8,10H2,1-2H3;1H,(H,2,3)/t14-,17+;/m1./s1. The Morgan fingerprint density at radius 3 is 2.85 bits per heavy atom. The third kappa shape index (κ3) is 2.70. The first kappa shape index (κ1) is 18.2. The first-order chi connectivity index (χ1) is 12.5. The van der Waals surface area contributed by atoms with Gasteiger partial charge in [0.1, 0.15) is 5.75 Å². The van der Waals surface area contributed by atoms with Crippen LogP contribution in [-0.4, -0.2) is 71.8 Å². The first-order valence-corrected chi connectivity index (χ1v) is 8.46. The van der Waals surface area contributed by atoms with Crippen LogP contribution in [0.15, 0.2) is 18.2 Å². The summed E-state index contributed by atoms with van der Waals surface area (Å²) < 4.78 is 11.3. The van der Waals surface area contributed by atoms with Gasteiger partial charge in [0.15, 0.2) is 5.72 Å². The Bertz CT molecular complexity index is 736. The monoisotopic (exact) mass is 362 g/mol. The second kappa shape index (κ2) is 6.95. The quantitative estimate of drug-likeness (QED) is 0.785. The molecule has 0 aromatic heterocycles. The normalized spacial score (nSPS) is 26.1. The molecule has 1 N–H and O–H groups in total. The largest absolute Gasteiger partial charge is 0.496 e. The summed E-state index contributed by atoms with van der Waals surface area (Å²) in [6.45, 7) is 3.48. The molecule has 8 heteroatoms. The fourth-order valence-corrected chi connectivity index (χ4v) is 4.18. The average molecular weight is 362 g/mol. The van der Waals surface area contributed by atoms with E-state index in [9.17, 15) is 9.59 Å². The summed E-state index contributed by atoms with van der Waals surface area (Å²) in [4.78, 5) is 37.3. The highest BCUT2D eigenvalue weighted by Gasteiger charge is 2.63. The van der Waals surface area contributed by atoms with E-state index >= 15 is 0 Å². The summed E-state index contributed by atoms with van der Waals surface area (Å²) in [5, 5.41) is 6.89. The van der Waals surface area contributed by atoms with Gasteiger partial charge in [-0.2, -0.15) is 0 Å². The fraction of sp³-hybridized carbons (Fsp3) is 0.500. The lowest BCUT2D eigenvalue weighted by molar-refractivity contribution is -0.136. The third-order valence-electron chi connectivity index (χ3n) is 5.25. The van der Waals surface area contributed by atoms with Gasteiger partial charge in [-0.25, -0.2) is 0 Å². The Kier molecular flexibility index (Phi) is 4.86. The number of likely N-dealkylation sites (tertiary alicyclic amines) is 1. The predicted octanol–water partition coefficient (Wildman–Crippen LogP) is 0.878. The molecular weight excluding hydrogens is 340 g/mol. The number of carboxylic acid groups (broad SMARTS) is 1. The van der Waals surface area contributed by atoms with Crippen molar-refractivity contribution in [3.05, 3.63) is 29.3 Å². The average Bonchev–Trinajstić information content (AvgIpc) is 3.26. The molecular formula is C18H22N2O6. The lowest BCUT2D eigenvalue weighted by Crippen LogP contribution is -2.48. The second-order valence-corrected chi connectivity index (χ2v) is 6.52. The van der Waals surface area contributed by atoms with Crippen molar-refractivity contribution < 1.29 is 29.0 Å². The van der Waals surface area contributed by atoms with Crippen molar-refractivity contribution in [1.82, 2.24) is 9.80 Å². The molecule has 8 nitrogen and oxygen atoms in total. The van der Waals surface area contributed by atoms with E-state index in [1.165, 1.54) is 0 Å². The summed E-state index contributed by atoms with van der Waals surface area (Å²) in [7, 11) is 1.56. The maximum absolute atomic E-state index is 13.1. The van der Waals surface area contributed by atoms with Crippen molar-refractivity contribution in [3.8, 4) is 5.75 Å². The van der Waals surface area contributed by atoms with E-state index in [4.69, 9.17) is 19.4 Å². The Morgan fingerprint density at radius 2 is 2.15 bits per heavy atom. The van der Waals surface area contributed by atoms with Gasteiger partial charge in [-0.15, -0.1) is 0 Å². The maximum Gasteiger partial charge on any atom is 0.290 e. The van der Waals surface area contributed by atoms with Crippen LogP contribution in [0.25, 0.3) is 0 Å². The van der Waals surface area contributed by atoms with Gasteiger partial charge in [0.25, 0.3) is 12.4 Å². The van der Waals surface area contributed by atoms with Gasteiger partial charge in [-0.3, -0.25) is 14.4 Å². The summed E-state index contributed by atoms with van der Waals surface area (Å²) in [6.07, 6.45) is 1.03. The number of methoxy groups -OCH3 is 1. The van der Waals surface area contributed by atoms with Crippen LogP contribution >= 0.6 is 0 Å². The number of aryl methyl sites for hydroxylation is 1. The number of hydrogen-bond donors (Lipinski definition) is 1. The number of rotatable bonds is 2. The van der Waals surface area contributed by atoms with Crippen LogP contribution in [0.5, 0.6) is 5.75 Å². The van der Waals surface area contributed by atoms with Gasteiger partial charge < -0.3 is 24.4 Å². The first-order valence-electron chi connectivity index (χ1n) is 8.46. The SMILES string of the molecule is COc1ccc(C)cc1C(=O)N1CC[C@@]23OCCN2C(=O)C[C@@H]13.O=CO. The van der Waals surface area contributed by atoms with Crippen LogP contribution in [-0.2, 0) is 14.3 Å². The summed E-state index contributed by atoms with van der Waals surface area (Å²) in [6, 6.07) is 5.38. The highest BCUT2D eigenvalue weighted by Crippen LogP contribution is 2.46. The third-order valence-corrected chi connectivity index (χ3v) is 5.25. The molecule has 140 valence electrons. The molecule has 0 aliphatic carbocycles. The van der Waals surface area contributed by atoms with Crippen molar-refractivity contribution in [1.29, 1.82) is 0 Å². The highest BCUT2D eigenvalue weighted by atomic mass is 16.5. The summed E-state index contributed by atoms with van der Waals surface area (Å²) >= 11 is 0. The topological polar surface area (TPSA) is 96.4 Å². The van der Waals surface area contributed by atoms with Crippen molar-refractivity contribution in [3.63, 3.8) is 0 Å². The van der Waals surface area contributed by atoms with E-state index in [-0.39, 0.29) is 24.3 Å². The maximum atomic E-state index is 13.1. The summed E-state index contributed by atoms with van der Waals surface area (Å²) in [5.74, 6) is 0.564. The van der Waals surface area contributed by atoms with E-state index < -0.39 is 5.72 Å². The number of benzene rings is 1. The van der Waals surface area contributed by atoms with Crippen molar-refractivity contribution in [2.75, 3.05) is 26.8 Å². The number of carbonyl (C=O) groups excluding carboxylic acids is 2. The molecule has 3 saturated heterocycles. The van der Waals surface area contributed by atoms with Gasteiger partial charge in [0.05, 0.1) is 31.7 Å². The minimum Gasteiger partial charge on any atom is -0.496 e. The predicted molar refractivity (Wildman–Crippen MR) is 90.9 cm³/mol. The Morgan fingerprint density at radius 1 is 1.42 bits per heavy atom. The molecule has 0 unspecified atom stereocenters. The molecule has 1 spiro atoms. The molecule has 0 bridgehead atoms. The fourth-order valence-electron chi connectivity index (χ4n) is 4.18. The number of amides is 2. The van der Waals surface area contributed by atoms with Crippen molar-refractivity contribution in [2.24, 2.45) is 0 Å². The molecule has 1 aromatic carbocycles. The van der Waals surface area contributed by atoms with Crippen LogP contribution in [0.4, 0.5) is 0 Å². The molecule has 3 heterocycles. The van der Waals surface area contributed by atoms with Gasteiger partial charge >= 0.3 is 0 Å². The van der Waals surface area contributed by atoms with E-state index in [0.717, 1.165) is 5.56 Å². The van der Waals surface area contributed by atoms with Gasteiger partial charge in [-0.1, -0.05) is 11.6 Å². The van der Waals surface area contributed by atoms with E-state index in [0.29, 0.717) is 43.9 Å². The zero-order valence-corrected chi connectivity index (χ0v) is 14.8. The number of hydrogen-bond acceptors (Lipinski definition) is 5. The van der Waals surface area contributed by atoms with Crippen molar-refractivity contribution in [2.45, 2.75) is 31.5 Å². The molecule has 0 radical (unpaired) electrons. The van der Waals surface area contributed by atoms with Crippen LogP contribution in [0, 0.1) is 6.92 Å². The van der Waals surface area contributed by atoms with Gasteiger partial charge in [0, 0.05) is 19.5 Å². The van der Waals surface area contributed by atoms with E-state index in [2.05, 4.69) is 0 Å². The van der Waals surface area contributed by atoms with Gasteiger partial charge in [-0.05, 0) is 19.1 Å². The summed E-state index contributed by atoms with van der Waals surface area (Å²) in [5.41, 5.74) is 0.960. The molecule has 0 saturated carbocycles. The molecule has 3 fully saturated rings. The van der Waals surface area contributed by atoms with Gasteiger partial charge in [0.2, 0.25) is 5.91 Å². The van der Waals surface area contributed by atoms with E-state index in [1.807, 2.05) is 30.0 Å². The molecule has 26 heavy (non-hydrogen) atoms.